The minimum atomic E-state index is -2.05. The molecular weight excluding hydrogens is 413 g/mol. The van der Waals surface area contributed by atoms with Gasteiger partial charge in [0.05, 0.1) is 0 Å². The van der Waals surface area contributed by atoms with Crippen LogP contribution in [0.15, 0.2) is 0 Å². The van der Waals surface area contributed by atoms with Gasteiger partial charge in [-0.25, -0.2) is 0 Å². The molecule has 0 bridgehead atoms. The average molecular weight is 456 g/mol. The van der Waals surface area contributed by atoms with E-state index in [1.807, 2.05) is 0 Å². The molecule has 0 aliphatic heterocycles. The van der Waals surface area contributed by atoms with Crippen LogP contribution in [-0.2, 0) is 0 Å². The highest BCUT2D eigenvalue weighted by Crippen LogP contribution is 2.37. The van der Waals surface area contributed by atoms with E-state index in [0.29, 0.717) is 36.3 Å². The van der Waals surface area contributed by atoms with E-state index in [9.17, 15) is 0 Å². The molecule has 0 aromatic heterocycles. The Morgan fingerprint density at radius 1 is 0.435 bits per heavy atom. The molecule has 5 heteroatoms. The van der Waals surface area contributed by atoms with Gasteiger partial charge in [-0.3, -0.25) is 13.7 Å². The van der Waals surface area contributed by atoms with E-state index in [4.69, 9.17) is 0 Å². The van der Waals surface area contributed by atoms with Crippen molar-refractivity contribution < 1.29 is 0 Å². The summed E-state index contributed by atoms with van der Waals surface area (Å²) in [6, 6.07) is 1.20. The van der Waals surface area contributed by atoms with Crippen LogP contribution in [0, 0.1) is 0 Å². The van der Waals surface area contributed by atoms with Crippen LogP contribution >= 0.6 is 21.8 Å². The molecule has 0 aromatic carbocycles. The molecule has 0 fully saturated rings. The van der Waals surface area contributed by atoms with E-state index in [1.165, 1.54) is 0 Å². The van der Waals surface area contributed by atoms with Gasteiger partial charge in [0, 0.05) is 36.3 Å². The monoisotopic (exact) mass is 455 g/mol. The predicted molar refractivity (Wildman–Crippen MR) is 116 cm³/mol. The van der Waals surface area contributed by atoms with Crippen molar-refractivity contribution in [3.8, 4) is 0 Å². The number of halogens is 1. The minimum Gasteiger partial charge on any atom is -0.287 e. The molecule has 0 saturated carbocycles. The molecule has 23 heavy (non-hydrogen) atoms. The van der Waals surface area contributed by atoms with Crippen molar-refractivity contribution >= 4 is 27.9 Å². The molecule has 0 spiro atoms. The van der Waals surface area contributed by atoms with Gasteiger partial charge in [-0.2, -0.15) is 0 Å². The Morgan fingerprint density at radius 3 is 0.652 bits per heavy atom. The zero-order chi connectivity index (χ0) is 18.7. The second-order valence-corrected chi connectivity index (χ2v) is 15.3. The van der Waals surface area contributed by atoms with E-state index < -0.39 is 6.06 Å². The molecule has 3 nitrogen and oxygen atoms in total. The maximum atomic E-state index is 2.87. The molecule has 0 amide bonds. The van der Waals surface area contributed by atoms with Crippen molar-refractivity contribution in [2.45, 2.75) is 119 Å². The first-order valence-corrected chi connectivity index (χ1v) is 14.3. The maximum Gasteiger partial charge on any atom is 0.360 e. The fourth-order valence-corrected chi connectivity index (χ4v) is 18.9. The zero-order valence-corrected chi connectivity index (χ0v) is 20.8. The molecule has 0 aliphatic carbocycles. The molecule has 0 atom stereocenters. The third kappa shape index (κ3) is 5.40. The van der Waals surface area contributed by atoms with Gasteiger partial charge in [-0.1, -0.05) is 105 Å². The van der Waals surface area contributed by atoms with Gasteiger partial charge in [-0.05, 0) is 0 Å². The molecule has 0 aliphatic rings. The van der Waals surface area contributed by atoms with E-state index in [2.05, 4.69) is 119 Å². The molecule has 0 rings (SSSR count). The van der Waals surface area contributed by atoms with Gasteiger partial charge in [0.25, 0.3) is 0 Å². The minimum absolute atomic E-state index is 0.540. The summed E-state index contributed by atoms with van der Waals surface area (Å²) in [7, 11) is 0. The normalized spacial score (nSPS) is 14.3. The Hall–Kier alpha value is 0.827. The van der Waals surface area contributed by atoms with Gasteiger partial charge in [0.1, 0.15) is 0 Å². The van der Waals surface area contributed by atoms with Crippen LogP contribution in [0.5, 0.6) is 0 Å². The van der Waals surface area contributed by atoms with Gasteiger partial charge in [-0.15, -0.1) is 0 Å². The average Bonchev–Trinajstić information content (AvgIpc) is 2.23. The van der Waals surface area contributed by atoms with E-state index in [0.717, 1.165) is 0 Å². The lowest BCUT2D eigenvalue weighted by atomic mass is 10.3. The van der Waals surface area contributed by atoms with Crippen LogP contribution in [-0.4, -0.2) is 56.0 Å². The lowest BCUT2D eigenvalue weighted by Crippen LogP contribution is -2.78. The standard InChI is InChI=1S/C18H42IN3Si/c1-13(2)20(14(3)4)23(19,21(15(5)6)16(7)8)22(17(9)10)18(11)12/h13-18H,1-12H3. The van der Waals surface area contributed by atoms with Gasteiger partial charge in [0.15, 0.2) is 0 Å². The Labute approximate surface area is 160 Å². The SMILES string of the molecule is CC(C)N(C(C)C)[Si](I)(N(C(C)C)C(C)C)N(C(C)C)C(C)C. The zero-order valence-electron chi connectivity index (χ0n) is 17.7. The number of nitrogens with zero attached hydrogens (tertiary/aromatic N) is 3. The highest BCUT2D eigenvalue weighted by Gasteiger charge is 2.54. The van der Waals surface area contributed by atoms with Crippen molar-refractivity contribution in [2.75, 3.05) is 0 Å². The summed E-state index contributed by atoms with van der Waals surface area (Å²) in [5.74, 6) is 0. The van der Waals surface area contributed by atoms with E-state index in [-0.39, 0.29) is 0 Å². The molecule has 140 valence electrons. The Balaban J connectivity index is 6.45. The quantitative estimate of drug-likeness (QED) is 0.268. The molecule has 0 aromatic rings. The predicted octanol–water partition coefficient (Wildman–Crippen LogP) is 5.21. The largest absolute Gasteiger partial charge is 0.360 e. The maximum absolute atomic E-state index is 2.87. The summed E-state index contributed by atoms with van der Waals surface area (Å²) < 4.78 is 8.44. The Bertz CT molecular complexity index is 269. The lowest BCUT2D eigenvalue weighted by molar-refractivity contribution is 0.148. The number of hydrogen-bond acceptors (Lipinski definition) is 3. The summed E-state index contributed by atoms with van der Waals surface area (Å²) in [5.41, 5.74) is 0. The first-order chi connectivity index (χ1) is 10.3. The van der Waals surface area contributed by atoms with Crippen LogP contribution in [0.4, 0.5) is 0 Å². The summed E-state index contributed by atoms with van der Waals surface area (Å²) in [4.78, 5) is 0. The number of hydrogen-bond donors (Lipinski definition) is 0. The molecule has 0 saturated heterocycles. The van der Waals surface area contributed by atoms with Crippen LogP contribution in [0.2, 0.25) is 0 Å². The molecule has 0 radical (unpaired) electrons. The van der Waals surface area contributed by atoms with Crippen LogP contribution in [0.1, 0.15) is 83.1 Å². The highest BCUT2D eigenvalue weighted by atomic mass is 127. The van der Waals surface area contributed by atoms with E-state index >= 15 is 0 Å². The molecule has 0 heterocycles. The Kier molecular flexibility index (Phi) is 9.85. The fraction of sp³-hybridized carbons (Fsp3) is 1.00. The first kappa shape index (κ1) is 23.8. The topological polar surface area (TPSA) is 9.72 Å². The highest BCUT2D eigenvalue weighted by molar-refractivity contribution is 14.1. The van der Waals surface area contributed by atoms with Crippen molar-refractivity contribution in [3.63, 3.8) is 0 Å². The van der Waals surface area contributed by atoms with Gasteiger partial charge in [0.2, 0.25) is 0 Å². The van der Waals surface area contributed by atoms with Crippen LogP contribution in [0.3, 0.4) is 0 Å². The van der Waals surface area contributed by atoms with Crippen molar-refractivity contribution in [1.29, 1.82) is 0 Å². The molecule has 0 N–H and O–H groups in total. The summed E-state index contributed by atoms with van der Waals surface area (Å²) >= 11 is 2.87. The van der Waals surface area contributed by atoms with Crippen LogP contribution < -0.4 is 0 Å². The molecule has 0 unspecified atom stereocenters. The van der Waals surface area contributed by atoms with Crippen molar-refractivity contribution in [2.24, 2.45) is 0 Å². The lowest BCUT2D eigenvalue weighted by Gasteiger charge is -2.58. The van der Waals surface area contributed by atoms with Gasteiger partial charge >= 0.3 is 6.06 Å². The van der Waals surface area contributed by atoms with E-state index in [1.54, 1.807) is 0 Å². The Morgan fingerprint density at radius 2 is 0.565 bits per heavy atom. The summed E-state index contributed by atoms with van der Waals surface area (Å²) in [6.45, 7) is 28.3. The first-order valence-electron chi connectivity index (χ1n) is 9.34. The third-order valence-electron chi connectivity index (χ3n) is 4.32. The number of rotatable bonds is 9. The second-order valence-electron chi connectivity index (χ2n) is 8.34. The smallest absolute Gasteiger partial charge is 0.287 e. The summed E-state index contributed by atoms with van der Waals surface area (Å²) in [5, 5.41) is 0. The second kappa shape index (κ2) is 9.50. The molecular formula is C18H42IN3Si. The third-order valence-corrected chi connectivity index (χ3v) is 14.4. The van der Waals surface area contributed by atoms with Crippen molar-refractivity contribution in [3.05, 3.63) is 0 Å². The van der Waals surface area contributed by atoms with Crippen molar-refractivity contribution in [1.82, 2.24) is 13.7 Å². The van der Waals surface area contributed by atoms with Crippen LogP contribution in [0.25, 0.3) is 0 Å². The van der Waals surface area contributed by atoms with Gasteiger partial charge < -0.3 is 0 Å². The summed E-state index contributed by atoms with van der Waals surface area (Å²) in [6.07, 6.45) is 0. The fourth-order valence-electron chi connectivity index (χ4n) is 4.16.